The van der Waals surface area contributed by atoms with Crippen LogP contribution in [0.4, 0.5) is 9.59 Å². The van der Waals surface area contributed by atoms with Gasteiger partial charge in [-0.1, -0.05) is 42.5 Å². The Hall–Kier alpha value is -3.56. The first kappa shape index (κ1) is 28.7. The van der Waals surface area contributed by atoms with E-state index in [1.54, 1.807) is 26.8 Å². The molecule has 1 aromatic carbocycles. The first-order chi connectivity index (χ1) is 17.1. The number of amides is 4. The SMILES string of the molecule is CC(C)(C)OC(=O)NCCCC[C@@H]1NC(=O)OC/C=C\CCNC(=O)[C@@H](Cc2ccccc2)NC1=O. The molecule has 1 aromatic rings. The Balaban J connectivity index is 2.02. The van der Waals surface area contributed by atoms with Crippen LogP contribution < -0.4 is 21.3 Å². The van der Waals surface area contributed by atoms with Gasteiger partial charge in [-0.2, -0.15) is 0 Å². The van der Waals surface area contributed by atoms with Crippen molar-refractivity contribution in [2.24, 2.45) is 0 Å². The van der Waals surface area contributed by atoms with Crippen LogP contribution in [0.2, 0.25) is 0 Å². The lowest BCUT2D eigenvalue weighted by atomic mass is 10.0. The summed E-state index contributed by atoms with van der Waals surface area (Å²) in [6.45, 7) is 6.16. The second-order valence-corrected chi connectivity index (χ2v) is 9.52. The van der Waals surface area contributed by atoms with Gasteiger partial charge in [0.1, 0.15) is 24.3 Å². The van der Waals surface area contributed by atoms with Gasteiger partial charge in [0.2, 0.25) is 11.8 Å². The Kier molecular flexibility index (Phi) is 11.7. The third-order valence-corrected chi connectivity index (χ3v) is 5.20. The average molecular weight is 503 g/mol. The first-order valence-corrected chi connectivity index (χ1v) is 12.3. The van der Waals surface area contributed by atoms with Crippen LogP contribution in [-0.4, -0.2) is 61.4 Å². The first-order valence-electron chi connectivity index (χ1n) is 12.3. The van der Waals surface area contributed by atoms with Gasteiger partial charge in [0.15, 0.2) is 0 Å². The van der Waals surface area contributed by atoms with Gasteiger partial charge in [0.25, 0.3) is 0 Å². The predicted molar refractivity (Wildman–Crippen MR) is 135 cm³/mol. The van der Waals surface area contributed by atoms with Crippen molar-refractivity contribution in [1.82, 2.24) is 21.3 Å². The molecule has 4 amide bonds. The van der Waals surface area contributed by atoms with Gasteiger partial charge in [-0.3, -0.25) is 9.59 Å². The van der Waals surface area contributed by atoms with E-state index in [1.807, 2.05) is 36.4 Å². The van der Waals surface area contributed by atoms with E-state index in [0.717, 1.165) is 5.56 Å². The normalized spacial score (nSPS) is 20.6. The zero-order chi connectivity index (χ0) is 26.4. The standard InChI is InChI=1S/C26H38N4O6/c1-26(2,3)36-24(33)28-16-10-8-14-20-23(32)29-21(18-19-12-6-4-7-13-19)22(31)27-15-9-5-11-17-35-25(34)30-20/h4-7,11-13,20-21H,8-10,14-18H2,1-3H3,(H,27,31)(H,28,33)(H,29,32)(H,30,34)/b11-5-/t20-,21+/m0/s1. The van der Waals surface area contributed by atoms with Crippen LogP contribution in [0.3, 0.4) is 0 Å². The largest absolute Gasteiger partial charge is 0.445 e. The maximum absolute atomic E-state index is 13.1. The van der Waals surface area contributed by atoms with Gasteiger partial charge in [0.05, 0.1) is 0 Å². The van der Waals surface area contributed by atoms with Crippen molar-refractivity contribution in [2.75, 3.05) is 19.7 Å². The predicted octanol–water partition coefficient (Wildman–Crippen LogP) is 2.58. The highest BCUT2D eigenvalue weighted by Crippen LogP contribution is 2.08. The van der Waals surface area contributed by atoms with Gasteiger partial charge < -0.3 is 30.7 Å². The summed E-state index contributed by atoms with van der Waals surface area (Å²) in [5.74, 6) is -0.767. The van der Waals surface area contributed by atoms with Crippen molar-refractivity contribution in [3.8, 4) is 0 Å². The maximum Gasteiger partial charge on any atom is 0.408 e. The Morgan fingerprint density at radius 2 is 1.78 bits per heavy atom. The Morgan fingerprint density at radius 1 is 1.03 bits per heavy atom. The molecule has 2 atom stereocenters. The summed E-state index contributed by atoms with van der Waals surface area (Å²) in [6, 6.07) is 7.68. The number of unbranched alkanes of at least 4 members (excludes halogenated alkanes) is 1. The zero-order valence-electron chi connectivity index (χ0n) is 21.3. The van der Waals surface area contributed by atoms with Crippen molar-refractivity contribution < 1.29 is 28.7 Å². The summed E-state index contributed by atoms with van der Waals surface area (Å²) in [7, 11) is 0. The molecule has 198 valence electrons. The Morgan fingerprint density at radius 3 is 2.50 bits per heavy atom. The van der Waals surface area contributed by atoms with E-state index in [1.165, 1.54) is 0 Å². The van der Waals surface area contributed by atoms with Crippen molar-refractivity contribution in [3.63, 3.8) is 0 Å². The molecule has 0 radical (unpaired) electrons. The lowest BCUT2D eigenvalue weighted by Crippen LogP contribution is -2.54. The summed E-state index contributed by atoms with van der Waals surface area (Å²) < 4.78 is 10.3. The molecule has 2 rings (SSSR count). The number of rotatable bonds is 7. The Bertz CT molecular complexity index is 897. The molecule has 1 heterocycles. The Labute approximate surface area is 212 Å². The number of alkyl carbamates (subject to hydrolysis) is 2. The van der Waals surface area contributed by atoms with Gasteiger partial charge in [-0.05, 0) is 52.0 Å². The van der Waals surface area contributed by atoms with Crippen molar-refractivity contribution in [2.45, 2.75) is 70.6 Å². The quantitative estimate of drug-likeness (QED) is 0.334. The van der Waals surface area contributed by atoms with E-state index in [-0.39, 0.29) is 12.5 Å². The molecular weight excluding hydrogens is 464 g/mol. The smallest absolute Gasteiger partial charge is 0.408 e. The van der Waals surface area contributed by atoms with Crippen LogP contribution in [0.25, 0.3) is 0 Å². The number of ether oxygens (including phenoxy) is 2. The van der Waals surface area contributed by atoms with E-state index in [9.17, 15) is 19.2 Å². The van der Waals surface area contributed by atoms with Gasteiger partial charge in [-0.25, -0.2) is 9.59 Å². The van der Waals surface area contributed by atoms with E-state index < -0.39 is 35.8 Å². The number of carbonyl (C=O) groups is 4. The summed E-state index contributed by atoms with van der Waals surface area (Å²) in [5, 5.41) is 10.9. The third-order valence-electron chi connectivity index (χ3n) is 5.20. The molecule has 0 aliphatic carbocycles. The summed E-state index contributed by atoms with van der Waals surface area (Å²) in [6.07, 6.45) is 4.56. The molecular formula is C26H38N4O6. The minimum atomic E-state index is -0.906. The van der Waals surface area contributed by atoms with Crippen molar-refractivity contribution in [3.05, 3.63) is 48.0 Å². The van der Waals surface area contributed by atoms with Crippen LogP contribution in [0.5, 0.6) is 0 Å². The number of hydrogen-bond donors (Lipinski definition) is 4. The van der Waals surface area contributed by atoms with E-state index in [0.29, 0.717) is 45.2 Å². The lowest BCUT2D eigenvalue weighted by molar-refractivity contribution is -0.130. The monoisotopic (exact) mass is 502 g/mol. The highest BCUT2D eigenvalue weighted by molar-refractivity contribution is 5.91. The molecule has 4 N–H and O–H groups in total. The van der Waals surface area contributed by atoms with Crippen LogP contribution in [-0.2, 0) is 25.5 Å². The highest BCUT2D eigenvalue weighted by atomic mass is 16.6. The number of benzene rings is 1. The molecule has 36 heavy (non-hydrogen) atoms. The highest BCUT2D eigenvalue weighted by Gasteiger charge is 2.27. The zero-order valence-corrected chi connectivity index (χ0v) is 21.3. The van der Waals surface area contributed by atoms with E-state index in [2.05, 4.69) is 21.3 Å². The van der Waals surface area contributed by atoms with Crippen LogP contribution in [0.1, 0.15) is 52.0 Å². The number of nitrogens with one attached hydrogen (secondary N) is 4. The molecule has 0 spiro atoms. The topological polar surface area (TPSA) is 135 Å². The van der Waals surface area contributed by atoms with E-state index in [4.69, 9.17) is 9.47 Å². The summed E-state index contributed by atoms with van der Waals surface area (Å²) in [4.78, 5) is 50.0. The van der Waals surface area contributed by atoms with Gasteiger partial charge in [0, 0.05) is 19.5 Å². The fraction of sp³-hybridized carbons (Fsp3) is 0.538. The molecule has 0 unspecified atom stereocenters. The van der Waals surface area contributed by atoms with Crippen LogP contribution >= 0.6 is 0 Å². The lowest BCUT2D eigenvalue weighted by Gasteiger charge is -2.23. The molecule has 0 saturated heterocycles. The molecule has 1 aliphatic rings. The number of carbonyl (C=O) groups excluding carboxylic acids is 4. The van der Waals surface area contributed by atoms with E-state index >= 15 is 0 Å². The fourth-order valence-electron chi connectivity index (χ4n) is 3.47. The fourth-order valence-corrected chi connectivity index (χ4v) is 3.47. The van der Waals surface area contributed by atoms with Crippen LogP contribution in [0, 0.1) is 0 Å². The molecule has 0 bridgehead atoms. The minimum absolute atomic E-state index is 0.0601. The second kappa shape index (κ2) is 14.8. The van der Waals surface area contributed by atoms with Gasteiger partial charge >= 0.3 is 12.2 Å². The number of hydrogen-bond acceptors (Lipinski definition) is 6. The molecule has 1 aliphatic heterocycles. The molecule has 0 saturated carbocycles. The minimum Gasteiger partial charge on any atom is -0.445 e. The third kappa shape index (κ3) is 11.7. The molecule has 10 heteroatoms. The number of cyclic esters (lactones) is 1. The second-order valence-electron chi connectivity index (χ2n) is 9.52. The molecule has 0 fully saturated rings. The summed E-state index contributed by atoms with van der Waals surface area (Å²) >= 11 is 0. The van der Waals surface area contributed by atoms with Gasteiger partial charge in [-0.15, -0.1) is 0 Å². The molecule has 10 nitrogen and oxygen atoms in total. The van der Waals surface area contributed by atoms with Crippen LogP contribution in [0.15, 0.2) is 42.5 Å². The van der Waals surface area contributed by atoms with Crippen molar-refractivity contribution in [1.29, 1.82) is 0 Å². The van der Waals surface area contributed by atoms with Crippen molar-refractivity contribution >= 4 is 24.0 Å². The summed E-state index contributed by atoms with van der Waals surface area (Å²) in [5.41, 5.74) is 0.312. The average Bonchev–Trinajstić information content (AvgIpc) is 2.80. The maximum atomic E-state index is 13.1. The molecule has 0 aromatic heterocycles.